The van der Waals surface area contributed by atoms with E-state index in [1.165, 1.54) is 24.3 Å². The van der Waals surface area contributed by atoms with Gasteiger partial charge in [0.25, 0.3) is 0 Å². The van der Waals surface area contributed by atoms with Crippen LogP contribution < -0.4 is 16.0 Å². The second kappa shape index (κ2) is 11.4. The zero-order valence-corrected chi connectivity index (χ0v) is 21.5. The molecule has 0 saturated carbocycles. The van der Waals surface area contributed by atoms with Crippen LogP contribution in [0.1, 0.15) is 24.0 Å². The van der Waals surface area contributed by atoms with E-state index in [0.717, 1.165) is 23.9 Å². The molecule has 0 aliphatic carbocycles. The molecule has 3 N–H and O–H groups in total. The molecule has 0 unspecified atom stereocenters. The summed E-state index contributed by atoms with van der Waals surface area (Å²) >= 11 is 0. The van der Waals surface area contributed by atoms with Crippen LogP contribution in [0, 0.1) is 0 Å². The number of hydrogen-bond acceptors (Lipinski definition) is 5. The van der Waals surface area contributed by atoms with Crippen molar-refractivity contribution in [2.24, 2.45) is 0 Å². The van der Waals surface area contributed by atoms with Crippen molar-refractivity contribution in [1.29, 1.82) is 0 Å². The standard InChI is InChI=1S/C26H32F6N6O/c1-35(17-36-12-14-37(15-13-36)21-5-2-18(3-6-21)25(27,28)29)24(39)38-10-8-19(9-11-38)34-20-4-7-23(33)22(16-20)26(30,31)32/h2-7,16,19,34H,8-15,17,33H2,1H3. The first kappa shape index (κ1) is 28.7. The van der Waals surface area contributed by atoms with Gasteiger partial charge in [-0.15, -0.1) is 0 Å². The lowest BCUT2D eigenvalue weighted by molar-refractivity contribution is -0.138. The minimum atomic E-state index is -4.53. The van der Waals surface area contributed by atoms with Gasteiger partial charge in [0.1, 0.15) is 0 Å². The van der Waals surface area contributed by atoms with E-state index in [2.05, 4.69) is 10.2 Å². The number of rotatable bonds is 5. The summed E-state index contributed by atoms with van der Waals surface area (Å²) in [7, 11) is 1.72. The summed E-state index contributed by atoms with van der Waals surface area (Å²) in [5.74, 6) is 0. The second-order valence-electron chi connectivity index (χ2n) is 9.98. The van der Waals surface area contributed by atoms with Gasteiger partial charge in [0.2, 0.25) is 0 Å². The zero-order valence-electron chi connectivity index (χ0n) is 21.5. The van der Waals surface area contributed by atoms with Gasteiger partial charge in [0.05, 0.1) is 17.8 Å². The fourth-order valence-electron chi connectivity index (χ4n) is 4.95. The smallest absolute Gasteiger partial charge is 0.398 e. The van der Waals surface area contributed by atoms with E-state index in [-0.39, 0.29) is 17.8 Å². The molecule has 0 bridgehead atoms. The predicted molar refractivity (Wildman–Crippen MR) is 137 cm³/mol. The fourth-order valence-corrected chi connectivity index (χ4v) is 4.95. The van der Waals surface area contributed by atoms with E-state index in [1.54, 1.807) is 16.8 Å². The number of halogens is 6. The van der Waals surface area contributed by atoms with Gasteiger partial charge in [-0.05, 0) is 55.3 Å². The maximum atomic E-state index is 13.1. The molecule has 0 aromatic heterocycles. The minimum absolute atomic E-state index is 0.0673. The molecule has 2 heterocycles. The monoisotopic (exact) mass is 558 g/mol. The lowest BCUT2D eigenvalue weighted by Gasteiger charge is -2.40. The highest BCUT2D eigenvalue weighted by Gasteiger charge is 2.34. The number of nitrogens with one attached hydrogen (secondary N) is 1. The molecule has 214 valence electrons. The quantitative estimate of drug-likeness (QED) is 0.399. The normalized spacial score (nSPS) is 17.8. The van der Waals surface area contributed by atoms with Gasteiger partial charge in [-0.25, -0.2) is 4.79 Å². The Kier molecular flexibility index (Phi) is 8.38. The lowest BCUT2D eigenvalue weighted by Crippen LogP contribution is -2.53. The summed E-state index contributed by atoms with van der Waals surface area (Å²) < 4.78 is 77.8. The minimum Gasteiger partial charge on any atom is -0.398 e. The van der Waals surface area contributed by atoms with Gasteiger partial charge >= 0.3 is 18.4 Å². The first-order valence-electron chi connectivity index (χ1n) is 12.7. The molecule has 39 heavy (non-hydrogen) atoms. The van der Waals surface area contributed by atoms with Crippen molar-refractivity contribution < 1.29 is 31.1 Å². The largest absolute Gasteiger partial charge is 0.418 e. The van der Waals surface area contributed by atoms with E-state index in [1.807, 2.05) is 4.90 Å². The average Bonchev–Trinajstić information content (AvgIpc) is 2.89. The third kappa shape index (κ3) is 7.20. The summed E-state index contributed by atoms with van der Waals surface area (Å²) in [6.07, 6.45) is -7.71. The van der Waals surface area contributed by atoms with Crippen molar-refractivity contribution in [3.8, 4) is 0 Å². The molecule has 0 spiro atoms. The molecule has 2 saturated heterocycles. The van der Waals surface area contributed by atoms with Crippen LogP contribution in [0.25, 0.3) is 0 Å². The molecule has 4 rings (SSSR count). The molecule has 2 aliphatic rings. The topological polar surface area (TPSA) is 68.1 Å². The molecule has 2 amide bonds. The maximum Gasteiger partial charge on any atom is 0.418 e. The number of alkyl halides is 6. The number of amides is 2. The second-order valence-corrected chi connectivity index (χ2v) is 9.98. The average molecular weight is 559 g/mol. The summed E-state index contributed by atoms with van der Waals surface area (Å²) in [6, 6.07) is 8.72. The number of anilines is 3. The Bertz CT molecular complexity index is 1120. The molecule has 7 nitrogen and oxygen atoms in total. The van der Waals surface area contributed by atoms with Crippen LogP contribution in [0.15, 0.2) is 42.5 Å². The number of hydrogen-bond donors (Lipinski definition) is 2. The van der Waals surface area contributed by atoms with Crippen LogP contribution in [0.2, 0.25) is 0 Å². The Hall–Kier alpha value is -3.35. The summed E-state index contributed by atoms with van der Waals surface area (Å²) in [6.45, 7) is 3.95. The van der Waals surface area contributed by atoms with Crippen LogP contribution in [0.4, 0.5) is 48.2 Å². The molecule has 0 atom stereocenters. The van der Waals surface area contributed by atoms with Crippen LogP contribution in [0.5, 0.6) is 0 Å². The van der Waals surface area contributed by atoms with Gasteiger partial charge in [-0.3, -0.25) is 4.90 Å². The number of carbonyl (C=O) groups is 1. The Morgan fingerprint density at radius 3 is 2.10 bits per heavy atom. The van der Waals surface area contributed by atoms with Crippen LogP contribution in [-0.2, 0) is 12.4 Å². The molecular formula is C26H32F6N6O. The van der Waals surface area contributed by atoms with E-state index in [9.17, 15) is 31.1 Å². The third-order valence-electron chi connectivity index (χ3n) is 7.17. The number of urea groups is 1. The van der Waals surface area contributed by atoms with Crippen molar-refractivity contribution >= 4 is 23.1 Å². The molecule has 13 heteroatoms. The van der Waals surface area contributed by atoms with Crippen molar-refractivity contribution in [2.45, 2.75) is 31.2 Å². The van der Waals surface area contributed by atoms with Gasteiger partial charge in [-0.1, -0.05) is 0 Å². The number of piperidine rings is 1. The highest BCUT2D eigenvalue weighted by atomic mass is 19.4. The number of nitrogens with zero attached hydrogens (tertiary/aromatic N) is 4. The maximum absolute atomic E-state index is 13.1. The van der Waals surface area contributed by atoms with E-state index in [4.69, 9.17) is 5.73 Å². The number of benzene rings is 2. The SMILES string of the molecule is CN(CN1CCN(c2ccc(C(F)(F)F)cc2)CC1)C(=O)N1CCC(Nc2ccc(N)c(C(F)(F)F)c2)CC1. The van der Waals surface area contributed by atoms with E-state index < -0.39 is 23.5 Å². The lowest BCUT2D eigenvalue weighted by atomic mass is 10.0. The Morgan fingerprint density at radius 1 is 0.923 bits per heavy atom. The van der Waals surface area contributed by atoms with Crippen molar-refractivity contribution in [1.82, 2.24) is 14.7 Å². The van der Waals surface area contributed by atoms with Crippen LogP contribution >= 0.6 is 0 Å². The van der Waals surface area contributed by atoms with Crippen molar-refractivity contribution in [2.75, 3.05) is 68.9 Å². The van der Waals surface area contributed by atoms with Gasteiger partial charge in [-0.2, -0.15) is 26.3 Å². The Morgan fingerprint density at radius 2 is 1.54 bits per heavy atom. The van der Waals surface area contributed by atoms with Gasteiger partial charge in [0.15, 0.2) is 0 Å². The van der Waals surface area contributed by atoms with Crippen LogP contribution in [-0.4, -0.2) is 79.8 Å². The zero-order chi connectivity index (χ0) is 28.4. The number of piperazine rings is 1. The number of carbonyl (C=O) groups excluding carboxylic acids is 1. The molecular weight excluding hydrogens is 526 g/mol. The summed E-state index contributed by atoms with van der Waals surface area (Å²) in [5.41, 5.74) is 4.68. The van der Waals surface area contributed by atoms with E-state index in [0.29, 0.717) is 64.5 Å². The molecule has 0 radical (unpaired) electrons. The Balaban J connectivity index is 1.21. The number of nitrogens with two attached hydrogens (primary N) is 1. The molecule has 2 fully saturated rings. The van der Waals surface area contributed by atoms with Crippen molar-refractivity contribution in [3.05, 3.63) is 53.6 Å². The number of nitrogen functional groups attached to an aromatic ring is 1. The molecule has 2 aliphatic heterocycles. The van der Waals surface area contributed by atoms with Crippen LogP contribution in [0.3, 0.4) is 0 Å². The fraction of sp³-hybridized carbons (Fsp3) is 0.500. The predicted octanol–water partition coefficient (Wildman–Crippen LogP) is 5.01. The molecule has 2 aromatic rings. The van der Waals surface area contributed by atoms with Gasteiger partial charge in [0, 0.05) is 69.4 Å². The van der Waals surface area contributed by atoms with Gasteiger partial charge < -0.3 is 25.8 Å². The number of likely N-dealkylation sites (tertiary alicyclic amines) is 1. The Labute approximate surface area is 223 Å². The molecule has 2 aromatic carbocycles. The van der Waals surface area contributed by atoms with Crippen molar-refractivity contribution in [3.63, 3.8) is 0 Å². The highest BCUT2D eigenvalue weighted by molar-refractivity contribution is 5.74. The highest BCUT2D eigenvalue weighted by Crippen LogP contribution is 2.35. The third-order valence-corrected chi connectivity index (χ3v) is 7.17. The summed E-state index contributed by atoms with van der Waals surface area (Å²) in [5, 5.41) is 3.13. The summed E-state index contributed by atoms with van der Waals surface area (Å²) in [4.78, 5) is 20.5. The first-order chi connectivity index (χ1) is 18.3. The van der Waals surface area contributed by atoms with E-state index >= 15 is 0 Å². The first-order valence-corrected chi connectivity index (χ1v) is 12.7.